The third kappa shape index (κ3) is 6.91. The summed E-state index contributed by atoms with van der Waals surface area (Å²) in [4.78, 5) is 10.6. The number of hydrogen-bond donors (Lipinski definition) is 2. The second kappa shape index (κ2) is 7.23. The predicted molar refractivity (Wildman–Crippen MR) is 62.6 cm³/mol. The summed E-state index contributed by atoms with van der Waals surface area (Å²) in [5, 5.41) is 8.71. The van der Waals surface area contributed by atoms with E-state index in [4.69, 9.17) is 10.8 Å². The van der Waals surface area contributed by atoms with Crippen LogP contribution in [0.3, 0.4) is 0 Å². The van der Waals surface area contributed by atoms with Gasteiger partial charge in [0.05, 0.1) is 5.92 Å². The zero-order valence-corrected chi connectivity index (χ0v) is 9.73. The van der Waals surface area contributed by atoms with Gasteiger partial charge >= 0.3 is 5.97 Å². The molecule has 0 bridgehead atoms. The molecule has 0 amide bonds. The summed E-state index contributed by atoms with van der Waals surface area (Å²) in [7, 11) is 0. The van der Waals surface area contributed by atoms with Gasteiger partial charge in [-0.3, -0.25) is 4.79 Å². The Bertz CT molecular complexity index is 256. The fraction of sp³-hybridized carbons (Fsp3) is 0.583. The highest BCUT2D eigenvalue weighted by molar-refractivity contribution is 5.71. The molecule has 15 heavy (non-hydrogen) atoms. The Kier molecular flexibility index (Phi) is 6.71. The smallest absolute Gasteiger partial charge is 0.310 e. The second-order valence-corrected chi connectivity index (χ2v) is 3.87. The van der Waals surface area contributed by atoms with Crippen LogP contribution in [0.1, 0.15) is 33.6 Å². The maximum absolute atomic E-state index is 10.6. The standard InChI is InChI=1S/C12H21NO2/c1-4-5-11(13)7-6-9(2)8-10(3)12(14)15/h4-5,8,10-11H,6-7,13H2,1-3H3,(H,14,15)/b5-4+,9-8+. The minimum Gasteiger partial charge on any atom is -0.481 e. The Morgan fingerprint density at radius 3 is 2.60 bits per heavy atom. The average molecular weight is 211 g/mol. The fourth-order valence-electron chi connectivity index (χ4n) is 1.32. The quantitative estimate of drug-likeness (QED) is 0.663. The highest BCUT2D eigenvalue weighted by atomic mass is 16.4. The summed E-state index contributed by atoms with van der Waals surface area (Å²) in [5.41, 5.74) is 6.88. The summed E-state index contributed by atoms with van der Waals surface area (Å²) < 4.78 is 0. The van der Waals surface area contributed by atoms with Gasteiger partial charge in [-0.25, -0.2) is 0 Å². The molecule has 3 heteroatoms. The van der Waals surface area contributed by atoms with E-state index in [1.54, 1.807) is 13.0 Å². The lowest BCUT2D eigenvalue weighted by molar-refractivity contribution is -0.139. The summed E-state index contributed by atoms with van der Waals surface area (Å²) in [6.45, 7) is 5.56. The number of aliphatic carboxylic acids is 1. The van der Waals surface area contributed by atoms with Gasteiger partial charge in [-0.1, -0.05) is 23.8 Å². The molecule has 2 atom stereocenters. The van der Waals surface area contributed by atoms with E-state index in [-0.39, 0.29) is 6.04 Å². The van der Waals surface area contributed by atoms with Crippen molar-refractivity contribution in [3.05, 3.63) is 23.8 Å². The number of carboxylic acid groups (broad SMARTS) is 1. The number of carbonyl (C=O) groups is 1. The van der Waals surface area contributed by atoms with Gasteiger partial charge in [0.25, 0.3) is 0 Å². The van der Waals surface area contributed by atoms with Crippen molar-refractivity contribution in [3.8, 4) is 0 Å². The normalized spacial score (nSPS) is 16.7. The van der Waals surface area contributed by atoms with E-state index >= 15 is 0 Å². The lowest BCUT2D eigenvalue weighted by Crippen LogP contribution is -2.16. The van der Waals surface area contributed by atoms with E-state index in [0.29, 0.717) is 0 Å². The molecule has 86 valence electrons. The van der Waals surface area contributed by atoms with Crippen LogP contribution in [-0.2, 0) is 4.79 Å². The predicted octanol–water partition coefficient (Wildman–Crippen LogP) is 2.34. The molecule has 0 rings (SSSR count). The van der Waals surface area contributed by atoms with E-state index in [9.17, 15) is 4.79 Å². The van der Waals surface area contributed by atoms with Gasteiger partial charge in [0.2, 0.25) is 0 Å². The van der Waals surface area contributed by atoms with Gasteiger partial charge in [0.1, 0.15) is 0 Å². The van der Waals surface area contributed by atoms with Gasteiger partial charge in [-0.05, 0) is 33.6 Å². The van der Waals surface area contributed by atoms with Crippen molar-refractivity contribution in [1.29, 1.82) is 0 Å². The fourth-order valence-corrected chi connectivity index (χ4v) is 1.32. The van der Waals surface area contributed by atoms with Crippen LogP contribution in [0, 0.1) is 5.92 Å². The van der Waals surface area contributed by atoms with Gasteiger partial charge in [0, 0.05) is 6.04 Å². The molecule has 0 fully saturated rings. The Morgan fingerprint density at radius 2 is 2.13 bits per heavy atom. The Hall–Kier alpha value is -1.09. The molecule has 0 spiro atoms. The van der Waals surface area contributed by atoms with E-state index in [1.807, 2.05) is 26.0 Å². The van der Waals surface area contributed by atoms with Crippen molar-refractivity contribution in [3.63, 3.8) is 0 Å². The molecule has 0 aliphatic rings. The van der Waals surface area contributed by atoms with E-state index in [0.717, 1.165) is 18.4 Å². The first kappa shape index (κ1) is 13.9. The second-order valence-electron chi connectivity index (χ2n) is 3.87. The number of allylic oxidation sites excluding steroid dienone is 2. The Labute approximate surface area is 91.7 Å². The molecule has 0 saturated carbocycles. The molecule has 3 N–H and O–H groups in total. The van der Waals surface area contributed by atoms with Gasteiger partial charge < -0.3 is 10.8 Å². The van der Waals surface area contributed by atoms with Crippen molar-refractivity contribution in [2.75, 3.05) is 0 Å². The molecular weight excluding hydrogens is 190 g/mol. The summed E-state index contributed by atoms with van der Waals surface area (Å²) in [6, 6.07) is 0.0680. The van der Waals surface area contributed by atoms with Gasteiger partial charge in [0.15, 0.2) is 0 Å². The van der Waals surface area contributed by atoms with Crippen LogP contribution in [0.2, 0.25) is 0 Å². The van der Waals surface area contributed by atoms with Crippen LogP contribution in [0.25, 0.3) is 0 Å². The van der Waals surface area contributed by atoms with Crippen LogP contribution < -0.4 is 5.73 Å². The zero-order chi connectivity index (χ0) is 11.8. The van der Waals surface area contributed by atoms with Crippen molar-refractivity contribution >= 4 is 5.97 Å². The molecule has 0 aliphatic heterocycles. The largest absolute Gasteiger partial charge is 0.481 e. The molecule has 0 aromatic heterocycles. The zero-order valence-electron chi connectivity index (χ0n) is 9.73. The molecule has 2 unspecified atom stereocenters. The molecule has 0 aliphatic carbocycles. The van der Waals surface area contributed by atoms with Gasteiger partial charge in [-0.2, -0.15) is 0 Å². The number of hydrogen-bond acceptors (Lipinski definition) is 2. The lowest BCUT2D eigenvalue weighted by Gasteiger charge is -2.07. The van der Waals surface area contributed by atoms with Gasteiger partial charge in [-0.15, -0.1) is 0 Å². The summed E-state index contributed by atoms with van der Waals surface area (Å²) in [5.74, 6) is -1.20. The highest BCUT2D eigenvalue weighted by Crippen LogP contribution is 2.10. The first-order valence-corrected chi connectivity index (χ1v) is 5.25. The molecule has 3 nitrogen and oxygen atoms in total. The molecule has 0 heterocycles. The van der Waals surface area contributed by atoms with Crippen LogP contribution in [-0.4, -0.2) is 17.1 Å². The SMILES string of the molecule is C/C=C/C(N)CC/C(C)=C/C(C)C(=O)O. The molecule has 0 radical (unpaired) electrons. The number of rotatable bonds is 6. The van der Waals surface area contributed by atoms with E-state index in [1.165, 1.54) is 0 Å². The number of carboxylic acids is 1. The maximum Gasteiger partial charge on any atom is 0.310 e. The molecule has 0 saturated heterocycles. The molecule has 0 aromatic carbocycles. The third-order valence-corrected chi connectivity index (χ3v) is 2.24. The highest BCUT2D eigenvalue weighted by Gasteiger charge is 2.07. The van der Waals surface area contributed by atoms with Crippen LogP contribution in [0.15, 0.2) is 23.8 Å². The summed E-state index contributed by atoms with van der Waals surface area (Å²) >= 11 is 0. The minimum atomic E-state index is -0.785. The average Bonchev–Trinajstić information content (AvgIpc) is 2.15. The van der Waals surface area contributed by atoms with Crippen LogP contribution >= 0.6 is 0 Å². The van der Waals surface area contributed by atoms with E-state index < -0.39 is 11.9 Å². The lowest BCUT2D eigenvalue weighted by atomic mass is 10.0. The maximum atomic E-state index is 10.6. The van der Waals surface area contributed by atoms with Crippen LogP contribution in [0.5, 0.6) is 0 Å². The minimum absolute atomic E-state index is 0.0680. The van der Waals surface area contributed by atoms with Crippen molar-refractivity contribution in [1.82, 2.24) is 0 Å². The van der Waals surface area contributed by atoms with Crippen molar-refractivity contribution in [2.24, 2.45) is 11.7 Å². The first-order chi connectivity index (χ1) is 6.97. The van der Waals surface area contributed by atoms with Crippen molar-refractivity contribution < 1.29 is 9.90 Å². The van der Waals surface area contributed by atoms with Crippen LogP contribution in [0.4, 0.5) is 0 Å². The topological polar surface area (TPSA) is 63.3 Å². The third-order valence-electron chi connectivity index (χ3n) is 2.24. The monoisotopic (exact) mass is 211 g/mol. The summed E-state index contributed by atoms with van der Waals surface area (Å²) in [6.07, 6.45) is 7.38. The molecule has 0 aromatic rings. The van der Waals surface area contributed by atoms with Crippen molar-refractivity contribution in [2.45, 2.75) is 39.7 Å². The van der Waals surface area contributed by atoms with E-state index in [2.05, 4.69) is 0 Å². The Balaban J connectivity index is 4.02. The Morgan fingerprint density at radius 1 is 1.53 bits per heavy atom. The number of nitrogens with two attached hydrogens (primary N) is 1. The first-order valence-electron chi connectivity index (χ1n) is 5.25. The molecular formula is C12H21NO2.